The van der Waals surface area contributed by atoms with Gasteiger partial charge in [-0.1, -0.05) is 0 Å². The lowest BCUT2D eigenvalue weighted by atomic mass is 10.1. The largest absolute Gasteiger partial charge is 0.466 e. The van der Waals surface area contributed by atoms with Gasteiger partial charge in [0, 0.05) is 6.92 Å². The van der Waals surface area contributed by atoms with Crippen molar-refractivity contribution in [1.29, 1.82) is 0 Å². The summed E-state index contributed by atoms with van der Waals surface area (Å²) >= 11 is 0. The van der Waals surface area contributed by atoms with Gasteiger partial charge >= 0.3 is 11.9 Å². The molecular weight excluding hydrogens is 172 g/mol. The van der Waals surface area contributed by atoms with Crippen molar-refractivity contribution in [3.05, 3.63) is 0 Å². The van der Waals surface area contributed by atoms with E-state index in [1.807, 2.05) is 0 Å². The molecule has 0 saturated heterocycles. The Morgan fingerprint density at radius 1 is 1.31 bits per heavy atom. The lowest BCUT2D eigenvalue weighted by Crippen LogP contribution is -2.28. The summed E-state index contributed by atoms with van der Waals surface area (Å²) in [5.41, 5.74) is 0. The summed E-state index contributed by atoms with van der Waals surface area (Å²) in [6.07, 6.45) is -0.434. The second-order valence-corrected chi connectivity index (χ2v) is 2.86. The highest BCUT2D eigenvalue weighted by Crippen LogP contribution is 2.09. The number of rotatable bonds is 4. The first-order chi connectivity index (χ1) is 5.99. The van der Waals surface area contributed by atoms with Crippen LogP contribution in [0.1, 0.15) is 27.7 Å². The number of hydrogen-bond donors (Lipinski definition) is 0. The van der Waals surface area contributed by atoms with Crippen molar-refractivity contribution in [2.45, 2.75) is 33.8 Å². The lowest BCUT2D eigenvalue weighted by Gasteiger charge is -2.17. The molecule has 0 aromatic heterocycles. The van der Waals surface area contributed by atoms with Crippen molar-refractivity contribution in [3.63, 3.8) is 0 Å². The van der Waals surface area contributed by atoms with E-state index in [1.165, 1.54) is 6.92 Å². The zero-order chi connectivity index (χ0) is 10.4. The third kappa shape index (κ3) is 4.50. The zero-order valence-electron chi connectivity index (χ0n) is 8.49. The van der Waals surface area contributed by atoms with Crippen LogP contribution >= 0.6 is 0 Å². The number of esters is 2. The first-order valence-corrected chi connectivity index (χ1v) is 4.32. The van der Waals surface area contributed by atoms with Gasteiger partial charge in [0.05, 0.1) is 12.5 Å². The van der Waals surface area contributed by atoms with Gasteiger partial charge in [-0.15, -0.1) is 0 Å². The van der Waals surface area contributed by atoms with Crippen LogP contribution in [0.15, 0.2) is 0 Å². The minimum absolute atomic E-state index is 0.337. The van der Waals surface area contributed by atoms with Crippen LogP contribution in [0.25, 0.3) is 0 Å². The topological polar surface area (TPSA) is 52.6 Å². The molecule has 0 heterocycles. The van der Waals surface area contributed by atoms with Crippen molar-refractivity contribution < 1.29 is 19.1 Å². The molecule has 4 nitrogen and oxygen atoms in total. The average molecular weight is 188 g/mol. The summed E-state index contributed by atoms with van der Waals surface area (Å²) in [5.74, 6) is -1.14. The van der Waals surface area contributed by atoms with E-state index < -0.39 is 12.0 Å². The van der Waals surface area contributed by atoms with Crippen LogP contribution < -0.4 is 0 Å². The molecule has 0 radical (unpaired) electrons. The van der Waals surface area contributed by atoms with Crippen molar-refractivity contribution >= 4 is 11.9 Å². The summed E-state index contributed by atoms with van der Waals surface area (Å²) in [7, 11) is 0. The maximum atomic E-state index is 11.2. The lowest BCUT2D eigenvalue weighted by molar-refractivity contribution is -0.158. The molecule has 0 saturated carbocycles. The minimum Gasteiger partial charge on any atom is -0.466 e. The molecule has 0 rings (SSSR count). The summed E-state index contributed by atoms with van der Waals surface area (Å²) < 4.78 is 9.62. The Morgan fingerprint density at radius 2 is 1.85 bits per heavy atom. The molecule has 76 valence electrons. The molecule has 2 atom stereocenters. The fraction of sp³-hybridized carbons (Fsp3) is 0.778. The quantitative estimate of drug-likeness (QED) is 0.621. The molecule has 0 aliphatic rings. The van der Waals surface area contributed by atoms with E-state index in [-0.39, 0.29) is 11.9 Å². The molecule has 0 fully saturated rings. The fourth-order valence-corrected chi connectivity index (χ4v) is 0.829. The van der Waals surface area contributed by atoms with Gasteiger partial charge in [-0.2, -0.15) is 0 Å². The van der Waals surface area contributed by atoms with Gasteiger partial charge in [-0.3, -0.25) is 9.59 Å². The Morgan fingerprint density at radius 3 is 2.23 bits per heavy atom. The van der Waals surface area contributed by atoms with Gasteiger partial charge in [0.25, 0.3) is 0 Å². The van der Waals surface area contributed by atoms with E-state index >= 15 is 0 Å². The van der Waals surface area contributed by atoms with Crippen LogP contribution in [0.2, 0.25) is 0 Å². The highest BCUT2D eigenvalue weighted by Gasteiger charge is 2.23. The van der Waals surface area contributed by atoms with Crippen LogP contribution in [-0.2, 0) is 19.1 Å². The molecule has 0 N–H and O–H groups in total. The molecule has 0 aliphatic carbocycles. The Kier molecular flexibility index (Phi) is 5.11. The first kappa shape index (κ1) is 11.9. The fourth-order valence-electron chi connectivity index (χ4n) is 0.829. The summed E-state index contributed by atoms with van der Waals surface area (Å²) in [5, 5.41) is 0. The van der Waals surface area contributed by atoms with Crippen LogP contribution in [0, 0.1) is 5.92 Å². The minimum atomic E-state index is -0.434. The summed E-state index contributed by atoms with van der Waals surface area (Å²) in [6, 6.07) is 0. The predicted octanol–water partition coefficient (Wildman–Crippen LogP) is 1.14. The van der Waals surface area contributed by atoms with Gasteiger partial charge in [0.1, 0.15) is 6.10 Å². The third-order valence-corrected chi connectivity index (χ3v) is 1.71. The molecule has 0 unspecified atom stereocenters. The second-order valence-electron chi connectivity index (χ2n) is 2.86. The average Bonchev–Trinajstić information content (AvgIpc) is 2.02. The monoisotopic (exact) mass is 188 g/mol. The number of hydrogen-bond acceptors (Lipinski definition) is 4. The van der Waals surface area contributed by atoms with Crippen molar-refractivity contribution in [2.24, 2.45) is 5.92 Å². The van der Waals surface area contributed by atoms with Crippen molar-refractivity contribution in [2.75, 3.05) is 6.61 Å². The molecule has 0 aromatic carbocycles. The first-order valence-electron chi connectivity index (χ1n) is 4.32. The van der Waals surface area contributed by atoms with E-state index in [9.17, 15) is 9.59 Å². The molecule has 0 aliphatic heterocycles. The van der Waals surface area contributed by atoms with Crippen LogP contribution in [0.5, 0.6) is 0 Å². The van der Waals surface area contributed by atoms with Gasteiger partial charge in [-0.25, -0.2) is 0 Å². The molecule has 13 heavy (non-hydrogen) atoms. The summed E-state index contributed by atoms with van der Waals surface area (Å²) in [6.45, 7) is 6.74. The SMILES string of the molecule is CCOC(=O)[C@@H](C)[C@H](C)OC(C)=O. The van der Waals surface area contributed by atoms with E-state index in [2.05, 4.69) is 0 Å². The molecule has 4 heteroatoms. The van der Waals surface area contributed by atoms with E-state index in [0.717, 1.165) is 0 Å². The summed E-state index contributed by atoms with van der Waals surface area (Å²) in [4.78, 5) is 21.7. The maximum absolute atomic E-state index is 11.2. The third-order valence-electron chi connectivity index (χ3n) is 1.71. The molecular formula is C9H16O4. The predicted molar refractivity (Wildman–Crippen MR) is 47.0 cm³/mol. The van der Waals surface area contributed by atoms with Crippen LogP contribution in [-0.4, -0.2) is 24.6 Å². The van der Waals surface area contributed by atoms with Crippen LogP contribution in [0.4, 0.5) is 0 Å². The van der Waals surface area contributed by atoms with Gasteiger partial charge in [0.15, 0.2) is 0 Å². The van der Waals surface area contributed by atoms with Gasteiger partial charge in [0.2, 0.25) is 0 Å². The van der Waals surface area contributed by atoms with Gasteiger partial charge in [-0.05, 0) is 20.8 Å². The Balaban J connectivity index is 4.00. The number of carbonyl (C=O) groups excluding carboxylic acids is 2. The number of carbonyl (C=O) groups is 2. The van der Waals surface area contributed by atoms with Crippen molar-refractivity contribution in [3.8, 4) is 0 Å². The van der Waals surface area contributed by atoms with E-state index in [0.29, 0.717) is 6.61 Å². The maximum Gasteiger partial charge on any atom is 0.312 e. The second kappa shape index (κ2) is 5.56. The molecule has 0 spiro atoms. The van der Waals surface area contributed by atoms with E-state index in [4.69, 9.17) is 9.47 Å². The van der Waals surface area contributed by atoms with E-state index in [1.54, 1.807) is 20.8 Å². The standard InChI is InChI=1S/C9H16O4/c1-5-12-9(11)6(2)7(3)13-8(4)10/h6-7H,5H2,1-4H3/t6-,7-/m0/s1. The van der Waals surface area contributed by atoms with Gasteiger partial charge < -0.3 is 9.47 Å². The highest BCUT2D eigenvalue weighted by atomic mass is 16.6. The highest BCUT2D eigenvalue weighted by molar-refractivity contribution is 5.73. The molecule has 0 bridgehead atoms. The Bertz CT molecular complexity index is 188. The van der Waals surface area contributed by atoms with Crippen molar-refractivity contribution in [1.82, 2.24) is 0 Å². The zero-order valence-corrected chi connectivity index (χ0v) is 8.49. The van der Waals surface area contributed by atoms with Crippen LogP contribution in [0.3, 0.4) is 0 Å². The Hall–Kier alpha value is -1.06. The smallest absolute Gasteiger partial charge is 0.312 e. The Labute approximate surface area is 78.2 Å². The number of ether oxygens (including phenoxy) is 2. The molecule has 0 aromatic rings. The normalized spacial score (nSPS) is 14.5. The molecule has 0 amide bonds.